The highest BCUT2D eigenvalue weighted by Crippen LogP contribution is 2.35. The molecule has 7 heteroatoms. The molecule has 6 nitrogen and oxygen atoms in total. The van der Waals surface area contributed by atoms with E-state index in [0.29, 0.717) is 6.54 Å². The lowest BCUT2D eigenvalue weighted by Crippen LogP contribution is -2.51. The largest absolute Gasteiger partial charge is 0.347 e. The zero-order valence-electron chi connectivity index (χ0n) is 16.0. The Morgan fingerprint density at radius 3 is 2.92 bits per heavy atom. The summed E-state index contributed by atoms with van der Waals surface area (Å²) in [4.78, 5) is 20.8. The number of carbonyl (C=O) groups excluding carboxylic acids is 1. The van der Waals surface area contributed by atoms with Gasteiger partial charge in [-0.1, -0.05) is 26.8 Å². The van der Waals surface area contributed by atoms with E-state index in [1.165, 1.54) is 4.88 Å². The van der Waals surface area contributed by atoms with Crippen LogP contribution in [0.15, 0.2) is 29.9 Å². The van der Waals surface area contributed by atoms with Gasteiger partial charge in [0.25, 0.3) is 0 Å². The Kier molecular flexibility index (Phi) is 5.79. The summed E-state index contributed by atoms with van der Waals surface area (Å²) < 4.78 is 2.03. The number of nitrogens with zero attached hydrogens (tertiary/aromatic N) is 3. The third-order valence-corrected chi connectivity index (χ3v) is 5.79. The number of nitrogens with one attached hydrogen (secondary N) is 2. The van der Waals surface area contributed by atoms with E-state index in [1.807, 2.05) is 30.1 Å². The molecule has 2 unspecified atom stereocenters. The van der Waals surface area contributed by atoms with Gasteiger partial charge in [-0.05, 0) is 16.9 Å². The molecule has 1 saturated heterocycles. The Morgan fingerprint density at radius 2 is 2.31 bits per heavy atom. The SMILES string of the molecule is Cn1ccnc1C1CNCCN1CC(=O)NC(c1cccs1)C(C)(C)C. The standard InChI is InChI=1S/C19H29N5OS/c1-19(2,3)17(15-6-5-11-26-15)22-16(25)13-24-10-7-20-12-14(24)18-21-8-9-23(18)4/h5-6,8-9,11,14,17,20H,7,10,12-13H2,1-4H3,(H,22,25). The van der Waals surface area contributed by atoms with Crippen LogP contribution in [0.3, 0.4) is 0 Å². The van der Waals surface area contributed by atoms with Gasteiger partial charge in [0.05, 0.1) is 18.6 Å². The first-order valence-electron chi connectivity index (χ1n) is 9.11. The summed E-state index contributed by atoms with van der Waals surface area (Å²) in [6.07, 6.45) is 3.77. The van der Waals surface area contributed by atoms with Crippen molar-refractivity contribution in [3.63, 3.8) is 0 Å². The summed E-state index contributed by atoms with van der Waals surface area (Å²) in [7, 11) is 2.00. The van der Waals surface area contributed by atoms with Gasteiger partial charge in [0.1, 0.15) is 5.82 Å². The summed E-state index contributed by atoms with van der Waals surface area (Å²) in [5.41, 5.74) is -0.0386. The minimum absolute atomic E-state index is 0.0181. The fourth-order valence-electron chi connectivity index (χ4n) is 3.45. The smallest absolute Gasteiger partial charge is 0.234 e. The first-order valence-corrected chi connectivity index (χ1v) is 9.99. The monoisotopic (exact) mass is 375 g/mol. The molecule has 3 rings (SSSR count). The van der Waals surface area contributed by atoms with Crippen LogP contribution in [0.25, 0.3) is 0 Å². The van der Waals surface area contributed by atoms with Crippen molar-refractivity contribution in [1.82, 2.24) is 25.1 Å². The molecule has 1 aliphatic heterocycles. The summed E-state index contributed by atoms with van der Waals surface area (Å²) in [6.45, 7) is 9.42. The number of imidazole rings is 1. The predicted octanol–water partition coefficient (Wildman–Crippen LogP) is 2.33. The molecule has 26 heavy (non-hydrogen) atoms. The summed E-state index contributed by atoms with van der Waals surface area (Å²) >= 11 is 1.69. The number of hydrogen-bond donors (Lipinski definition) is 2. The van der Waals surface area contributed by atoms with Gasteiger partial charge in [0.15, 0.2) is 0 Å². The Labute approximate surface area is 159 Å². The van der Waals surface area contributed by atoms with Crippen LogP contribution in [0.2, 0.25) is 0 Å². The minimum Gasteiger partial charge on any atom is -0.347 e. The van der Waals surface area contributed by atoms with Crippen molar-refractivity contribution in [2.45, 2.75) is 32.9 Å². The van der Waals surface area contributed by atoms with Gasteiger partial charge in [-0.2, -0.15) is 0 Å². The van der Waals surface area contributed by atoms with E-state index >= 15 is 0 Å². The molecule has 1 aliphatic rings. The zero-order valence-corrected chi connectivity index (χ0v) is 16.8. The van der Waals surface area contributed by atoms with E-state index in [2.05, 4.69) is 52.7 Å². The van der Waals surface area contributed by atoms with Gasteiger partial charge in [-0.3, -0.25) is 9.69 Å². The van der Waals surface area contributed by atoms with Crippen LogP contribution in [0.5, 0.6) is 0 Å². The van der Waals surface area contributed by atoms with Crippen molar-refractivity contribution in [2.24, 2.45) is 12.5 Å². The van der Waals surface area contributed by atoms with Crippen LogP contribution in [0, 0.1) is 5.41 Å². The van der Waals surface area contributed by atoms with Crippen molar-refractivity contribution < 1.29 is 4.79 Å². The normalized spacial score (nSPS) is 20.1. The van der Waals surface area contributed by atoms with Gasteiger partial charge in [0.2, 0.25) is 5.91 Å². The lowest BCUT2D eigenvalue weighted by molar-refractivity contribution is -0.124. The Bertz CT molecular complexity index is 719. The van der Waals surface area contributed by atoms with E-state index < -0.39 is 0 Å². The molecule has 0 aliphatic carbocycles. The number of aromatic nitrogens is 2. The first kappa shape index (κ1) is 19.1. The minimum atomic E-state index is -0.0386. The second-order valence-corrected chi connectivity index (χ2v) is 8.95. The highest BCUT2D eigenvalue weighted by molar-refractivity contribution is 7.10. The van der Waals surface area contributed by atoms with Crippen molar-refractivity contribution in [1.29, 1.82) is 0 Å². The molecule has 142 valence electrons. The van der Waals surface area contributed by atoms with Crippen molar-refractivity contribution in [2.75, 3.05) is 26.2 Å². The molecule has 0 spiro atoms. The Morgan fingerprint density at radius 1 is 1.50 bits per heavy atom. The topological polar surface area (TPSA) is 62.2 Å². The van der Waals surface area contributed by atoms with Crippen LogP contribution in [-0.4, -0.2) is 46.5 Å². The number of carbonyl (C=O) groups is 1. The quantitative estimate of drug-likeness (QED) is 0.842. The molecule has 1 amide bonds. The second kappa shape index (κ2) is 7.90. The lowest BCUT2D eigenvalue weighted by atomic mass is 9.85. The van der Waals surface area contributed by atoms with Gasteiger partial charge in [-0.15, -0.1) is 11.3 Å². The molecule has 3 heterocycles. The second-order valence-electron chi connectivity index (χ2n) is 7.97. The maximum Gasteiger partial charge on any atom is 0.234 e. The van der Waals surface area contributed by atoms with Crippen molar-refractivity contribution >= 4 is 17.2 Å². The number of aryl methyl sites for hydroxylation is 1. The number of rotatable bonds is 5. The summed E-state index contributed by atoms with van der Waals surface area (Å²) in [5.74, 6) is 1.06. The number of thiophene rings is 1. The van der Waals surface area contributed by atoms with Gasteiger partial charge in [-0.25, -0.2) is 4.98 Å². The van der Waals surface area contributed by atoms with Crippen LogP contribution < -0.4 is 10.6 Å². The van der Waals surface area contributed by atoms with E-state index in [-0.39, 0.29) is 23.4 Å². The van der Waals surface area contributed by atoms with Crippen LogP contribution >= 0.6 is 11.3 Å². The maximum absolute atomic E-state index is 12.9. The fourth-order valence-corrected chi connectivity index (χ4v) is 4.47. The molecule has 2 aromatic heterocycles. The third-order valence-electron chi connectivity index (χ3n) is 4.86. The highest BCUT2D eigenvalue weighted by atomic mass is 32.1. The van der Waals surface area contributed by atoms with Crippen molar-refractivity contribution in [3.8, 4) is 0 Å². The van der Waals surface area contributed by atoms with Crippen LogP contribution in [-0.2, 0) is 11.8 Å². The number of amides is 1. The lowest BCUT2D eigenvalue weighted by Gasteiger charge is -2.36. The zero-order chi connectivity index (χ0) is 18.7. The van der Waals surface area contributed by atoms with E-state index in [4.69, 9.17) is 0 Å². The van der Waals surface area contributed by atoms with E-state index in [0.717, 1.165) is 25.5 Å². The number of piperazine rings is 1. The van der Waals surface area contributed by atoms with Gasteiger partial charge < -0.3 is 15.2 Å². The van der Waals surface area contributed by atoms with Crippen LogP contribution in [0.1, 0.15) is 43.6 Å². The molecule has 0 aromatic carbocycles. The highest BCUT2D eigenvalue weighted by Gasteiger charge is 2.32. The molecule has 0 saturated carbocycles. The Hall–Kier alpha value is -1.70. The average molecular weight is 376 g/mol. The molecular weight excluding hydrogens is 346 g/mol. The van der Waals surface area contributed by atoms with E-state index in [9.17, 15) is 4.79 Å². The molecule has 2 N–H and O–H groups in total. The molecule has 0 bridgehead atoms. The van der Waals surface area contributed by atoms with Crippen molar-refractivity contribution in [3.05, 3.63) is 40.6 Å². The summed E-state index contributed by atoms with van der Waals surface area (Å²) in [6, 6.07) is 4.27. The third kappa shape index (κ3) is 4.34. The maximum atomic E-state index is 12.9. The van der Waals surface area contributed by atoms with E-state index in [1.54, 1.807) is 11.3 Å². The molecule has 0 radical (unpaired) electrons. The fraction of sp³-hybridized carbons (Fsp3) is 0.579. The van der Waals surface area contributed by atoms with Gasteiger partial charge >= 0.3 is 0 Å². The number of hydrogen-bond acceptors (Lipinski definition) is 5. The molecule has 2 atom stereocenters. The predicted molar refractivity (Wildman–Crippen MR) is 105 cm³/mol. The molecule has 1 fully saturated rings. The first-order chi connectivity index (χ1) is 12.4. The summed E-state index contributed by atoms with van der Waals surface area (Å²) in [5, 5.41) is 8.75. The molecular formula is C19H29N5OS. The average Bonchev–Trinajstić information content (AvgIpc) is 3.24. The Balaban J connectivity index is 1.70. The van der Waals surface area contributed by atoms with Gasteiger partial charge in [0, 0.05) is 44.0 Å². The molecule has 2 aromatic rings. The van der Waals surface area contributed by atoms with Crippen LogP contribution in [0.4, 0.5) is 0 Å².